The van der Waals surface area contributed by atoms with Crippen LogP contribution in [-0.4, -0.2) is 4.98 Å². The predicted molar refractivity (Wildman–Crippen MR) is 51.0 cm³/mol. The standard InChI is InChI=1S/C8H5FIN/c9-5-4-11-7-3-1-2-6(10)8(5)7/h1-4,11H. The fourth-order valence-corrected chi connectivity index (χ4v) is 1.86. The maximum Gasteiger partial charge on any atom is 0.149 e. The number of benzene rings is 1. The summed E-state index contributed by atoms with van der Waals surface area (Å²) < 4.78 is 13.9. The minimum Gasteiger partial charge on any atom is -0.359 e. The monoisotopic (exact) mass is 261 g/mol. The summed E-state index contributed by atoms with van der Waals surface area (Å²) in [4.78, 5) is 2.85. The molecule has 0 aliphatic carbocycles. The van der Waals surface area contributed by atoms with E-state index < -0.39 is 0 Å². The molecule has 0 atom stereocenters. The van der Waals surface area contributed by atoms with Gasteiger partial charge in [0.1, 0.15) is 5.82 Å². The van der Waals surface area contributed by atoms with Crippen molar-refractivity contribution in [3.05, 3.63) is 33.8 Å². The number of hydrogen-bond acceptors (Lipinski definition) is 0. The quantitative estimate of drug-likeness (QED) is 0.702. The van der Waals surface area contributed by atoms with E-state index in [0.29, 0.717) is 5.39 Å². The van der Waals surface area contributed by atoms with Crippen molar-refractivity contribution in [3.63, 3.8) is 0 Å². The zero-order chi connectivity index (χ0) is 7.84. The first kappa shape index (κ1) is 7.09. The lowest BCUT2D eigenvalue weighted by Crippen LogP contribution is -1.74. The van der Waals surface area contributed by atoms with Crippen molar-refractivity contribution >= 4 is 33.5 Å². The van der Waals surface area contributed by atoms with Crippen molar-refractivity contribution in [3.8, 4) is 0 Å². The first-order valence-electron chi connectivity index (χ1n) is 3.20. The van der Waals surface area contributed by atoms with Crippen LogP contribution < -0.4 is 0 Å². The van der Waals surface area contributed by atoms with Gasteiger partial charge in [0.05, 0.1) is 0 Å². The molecule has 1 nitrogen and oxygen atoms in total. The summed E-state index contributed by atoms with van der Waals surface area (Å²) in [5.41, 5.74) is 0.856. The van der Waals surface area contributed by atoms with Crippen molar-refractivity contribution < 1.29 is 4.39 Å². The largest absolute Gasteiger partial charge is 0.359 e. The van der Waals surface area contributed by atoms with E-state index >= 15 is 0 Å². The first-order valence-corrected chi connectivity index (χ1v) is 4.28. The number of fused-ring (bicyclic) bond motifs is 1. The molecule has 1 aromatic carbocycles. The van der Waals surface area contributed by atoms with Crippen LogP contribution in [0.4, 0.5) is 4.39 Å². The van der Waals surface area contributed by atoms with Crippen LogP contribution in [0.15, 0.2) is 24.4 Å². The van der Waals surface area contributed by atoms with Crippen molar-refractivity contribution in [1.29, 1.82) is 0 Å². The molecule has 1 N–H and O–H groups in total. The number of nitrogens with one attached hydrogen (secondary N) is 1. The minimum absolute atomic E-state index is 0.176. The Balaban J connectivity index is 2.96. The lowest BCUT2D eigenvalue weighted by atomic mass is 10.2. The number of rotatable bonds is 0. The Hall–Kier alpha value is -0.580. The first-order chi connectivity index (χ1) is 5.29. The molecule has 3 heteroatoms. The van der Waals surface area contributed by atoms with Crippen LogP contribution in [0, 0.1) is 9.39 Å². The van der Waals surface area contributed by atoms with E-state index in [1.54, 1.807) is 0 Å². The molecule has 56 valence electrons. The third-order valence-corrected chi connectivity index (χ3v) is 2.51. The number of aromatic amines is 1. The maximum atomic E-state index is 13.0. The molecule has 0 unspecified atom stereocenters. The molecule has 11 heavy (non-hydrogen) atoms. The van der Waals surface area contributed by atoms with Gasteiger partial charge in [-0.1, -0.05) is 6.07 Å². The zero-order valence-electron chi connectivity index (χ0n) is 5.57. The summed E-state index contributed by atoms with van der Waals surface area (Å²) in [5.74, 6) is -0.176. The van der Waals surface area contributed by atoms with E-state index in [9.17, 15) is 4.39 Å². The molecule has 0 amide bonds. The predicted octanol–water partition coefficient (Wildman–Crippen LogP) is 2.91. The molecule has 0 fully saturated rings. The Morgan fingerprint density at radius 2 is 2.18 bits per heavy atom. The highest BCUT2D eigenvalue weighted by molar-refractivity contribution is 14.1. The number of hydrogen-bond donors (Lipinski definition) is 1. The van der Waals surface area contributed by atoms with Crippen molar-refractivity contribution in [2.45, 2.75) is 0 Å². The molecular formula is C8H5FIN. The molecule has 0 saturated heterocycles. The van der Waals surface area contributed by atoms with Gasteiger partial charge in [0.15, 0.2) is 0 Å². The molecule has 0 bridgehead atoms. The molecule has 0 spiro atoms. The van der Waals surface area contributed by atoms with E-state index in [4.69, 9.17) is 0 Å². The smallest absolute Gasteiger partial charge is 0.149 e. The lowest BCUT2D eigenvalue weighted by Gasteiger charge is -1.91. The fraction of sp³-hybridized carbons (Fsp3) is 0. The van der Waals surface area contributed by atoms with Crippen LogP contribution in [0.25, 0.3) is 10.9 Å². The Morgan fingerprint density at radius 3 is 2.91 bits per heavy atom. The Labute approximate surface area is 76.7 Å². The highest BCUT2D eigenvalue weighted by Gasteiger charge is 2.04. The van der Waals surface area contributed by atoms with E-state index in [0.717, 1.165) is 9.09 Å². The summed E-state index contributed by atoms with van der Waals surface area (Å²) in [6.07, 6.45) is 1.38. The Morgan fingerprint density at radius 1 is 1.36 bits per heavy atom. The summed E-state index contributed by atoms with van der Waals surface area (Å²) in [6.45, 7) is 0. The summed E-state index contributed by atoms with van der Waals surface area (Å²) in [6, 6.07) is 5.65. The van der Waals surface area contributed by atoms with Crippen molar-refractivity contribution in [1.82, 2.24) is 4.98 Å². The second kappa shape index (κ2) is 2.48. The van der Waals surface area contributed by atoms with Gasteiger partial charge in [-0.3, -0.25) is 0 Å². The van der Waals surface area contributed by atoms with E-state index in [2.05, 4.69) is 27.6 Å². The van der Waals surface area contributed by atoms with E-state index in [-0.39, 0.29) is 5.82 Å². The van der Waals surface area contributed by atoms with Gasteiger partial charge in [-0.05, 0) is 34.7 Å². The molecular weight excluding hydrogens is 256 g/mol. The number of halogens is 2. The van der Waals surface area contributed by atoms with E-state index in [1.165, 1.54) is 6.20 Å². The van der Waals surface area contributed by atoms with Gasteiger partial charge in [0, 0.05) is 20.7 Å². The van der Waals surface area contributed by atoms with Gasteiger partial charge in [0.25, 0.3) is 0 Å². The summed E-state index contributed by atoms with van der Waals surface area (Å²) >= 11 is 2.12. The number of H-pyrrole nitrogens is 1. The second-order valence-corrected chi connectivity index (χ2v) is 3.46. The average molecular weight is 261 g/mol. The van der Waals surface area contributed by atoms with Gasteiger partial charge in [-0.2, -0.15) is 0 Å². The third-order valence-electron chi connectivity index (χ3n) is 1.61. The van der Waals surface area contributed by atoms with Crippen LogP contribution in [-0.2, 0) is 0 Å². The fourth-order valence-electron chi connectivity index (χ4n) is 1.10. The highest BCUT2D eigenvalue weighted by atomic mass is 127. The topological polar surface area (TPSA) is 15.8 Å². The van der Waals surface area contributed by atoms with Crippen LogP contribution in [0.5, 0.6) is 0 Å². The molecule has 1 aromatic heterocycles. The second-order valence-electron chi connectivity index (χ2n) is 2.30. The van der Waals surface area contributed by atoms with Crippen LogP contribution in [0.3, 0.4) is 0 Å². The van der Waals surface area contributed by atoms with Crippen LogP contribution >= 0.6 is 22.6 Å². The maximum absolute atomic E-state index is 13.0. The van der Waals surface area contributed by atoms with Gasteiger partial charge < -0.3 is 4.98 Å². The Kier molecular flexibility index (Phi) is 1.60. The summed E-state index contributed by atoms with van der Waals surface area (Å²) in [7, 11) is 0. The van der Waals surface area contributed by atoms with Gasteiger partial charge in [-0.15, -0.1) is 0 Å². The Bertz CT molecular complexity index is 394. The highest BCUT2D eigenvalue weighted by Crippen LogP contribution is 2.22. The normalized spacial score (nSPS) is 10.7. The van der Waals surface area contributed by atoms with Crippen LogP contribution in [0.2, 0.25) is 0 Å². The minimum atomic E-state index is -0.176. The number of aromatic nitrogens is 1. The molecule has 2 rings (SSSR count). The summed E-state index contributed by atoms with van der Waals surface area (Å²) in [5, 5.41) is 0.688. The van der Waals surface area contributed by atoms with E-state index in [1.807, 2.05) is 18.2 Å². The van der Waals surface area contributed by atoms with Crippen molar-refractivity contribution in [2.24, 2.45) is 0 Å². The molecule has 0 aliphatic heterocycles. The molecule has 0 aliphatic rings. The van der Waals surface area contributed by atoms with Crippen LogP contribution in [0.1, 0.15) is 0 Å². The molecule has 0 saturated carbocycles. The van der Waals surface area contributed by atoms with Gasteiger partial charge >= 0.3 is 0 Å². The van der Waals surface area contributed by atoms with Gasteiger partial charge in [0.2, 0.25) is 0 Å². The zero-order valence-corrected chi connectivity index (χ0v) is 7.72. The average Bonchev–Trinajstić information content (AvgIpc) is 2.34. The molecule has 1 heterocycles. The van der Waals surface area contributed by atoms with Crippen molar-refractivity contribution in [2.75, 3.05) is 0 Å². The third kappa shape index (κ3) is 1.03. The SMILES string of the molecule is Fc1c[nH]c2cccc(I)c12. The van der Waals surface area contributed by atoms with Gasteiger partial charge in [-0.25, -0.2) is 4.39 Å². The lowest BCUT2D eigenvalue weighted by molar-refractivity contribution is 0.639. The molecule has 0 radical (unpaired) electrons. The molecule has 2 aromatic rings.